The van der Waals surface area contributed by atoms with Gasteiger partial charge in [0.15, 0.2) is 5.69 Å². The molecule has 0 aliphatic carbocycles. The molecule has 0 unspecified atom stereocenters. The van der Waals surface area contributed by atoms with Crippen LogP contribution in [0.3, 0.4) is 0 Å². The Morgan fingerprint density at radius 1 is 1.50 bits per heavy atom. The lowest BCUT2D eigenvalue weighted by atomic mass is 10.2. The third kappa shape index (κ3) is 2.77. The molecule has 108 valence electrons. The molecule has 2 heterocycles. The van der Waals surface area contributed by atoms with E-state index < -0.39 is 0 Å². The monoisotopic (exact) mass is 339 g/mol. The molecule has 0 saturated heterocycles. The van der Waals surface area contributed by atoms with Gasteiger partial charge in [0.1, 0.15) is 0 Å². The molecule has 1 amide bonds. The van der Waals surface area contributed by atoms with Crippen molar-refractivity contribution in [3.8, 4) is 0 Å². The molecule has 2 rings (SSSR count). The summed E-state index contributed by atoms with van der Waals surface area (Å²) < 4.78 is 4.26. The summed E-state index contributed by atoms with van der Waals surface area (Å²) in [4.78, 5) is 14.1. The summed E-state index contributed by atoms with van der Waals surface area (Å²) >= 11 is 3.38. The van der Waals surface area contributed by atoms with Gasteiger partial charge in [-0.05, 0) is 29.8 Å². The third-order valence-electron chi connectivity index (χ3n) is 3.33. The minimum absolute atomic E-state index is 0.104. The minimum Gasteiger partial charge on any atom is -0.336 e. The summed E-state index contributed by atoms with van der Waals surface area (Å²) in [5, 5.41) is 8.46. The van der Waals surface area contributed by atoms with E-state index in [9.17, 15) is 4.79 Å². The molecule has 2 aromatic rings. The summed E-state index contributed by atoms with van der Waals surface area (Å²) in [7, 11) is 3.66. The first-order valence-electron chi connectivity index (χ1n) is 6.40. The van der Waals surface area contributed by atoms with Gasteiger partial charge in [0.25, 0.3) is 5.91 Å². The van der Waals surface area contributed by atoms with Gasteiger partial charge in [0, 0.05) is 44.6 Å². The van der Waals surface area contributed by atoms with Gasteiger partial charge in [-0.15, -0.1) is 0 Å². The largest absolute Gasteiger partial charge is 0.336 e. The zero-order chi connectivity index (χ0) is 14.9. The van der Waals surface area contributed by atoms with E-state index in [-0.39, 0.29) is 5.91 Å². The van der Waals surface area contributed by atoms with Gasteiger partial charge in [0.05, 0.1) is 10.7 Å². The smallest absolute Gasteiger partial charge is 0.275 e. The predicted octanol–water partition coefficient (Wildman–Crippen LogP) is 1.98. The van der Waals surface area contributed by atoms with Gasteiger partial charge in [-0.25, -0.2) is 0 Å². The van der Waals surface area contributed by atoms with Crippen molar-refractivity contribution < 1.29 is 4.79 Å². The molecule has 0 fully saturated rings. The maximum atomic E-state index is 12.4. The third-order valence-corrected chi connectivity index (χ3v) is 3.92. The Labute approximate surface area is 126 Å². The number of aryl methyl sites for hydroxylation is 2. The number of aromatic nitrogens is 4. The van der Waals surface area contributed by atoms with E-state index in [1.807, 2.05) is 27.1 Å². The maximum absolute atomic E-state index is 12.4. The molecule has 7 heteroatoms. The number of hydrogen-bond acceptors (Lipinski definition) is 3. The van der Waals surface area contributed by atoms with Gasteiger partial charge in [-0.2, -0.15) is 10.2 Å². The van der Waals surface area contributed by atoms with Crippen molar-refractivity contribution in [2.75, 3.05) is 7.05 Å². The fourth-order valence-corrected chi connectivity index (χ4v) is 2.40. The predicted molar refractivity (Wildman–Crippen MR) is 79.3 cm³/mol. The van der Waals surface area contributed by atoms with Crippen LogP contribution in [0.25, 0.3) is 0 Å². The van der Waals surface area contributed by atoms with Crippen molar-refractivity contribution in [1.82, 2.24) is 24.5 Å². The van der Waals surface area contributed by atoms with E-state index in [1.54, 1.807) is 27.5 Å². The van der Waals surface area contributed by atoms with Gasteiger partial charge < -0.3 is 4.90 Å². The van der Waals surface area contributed by atoms with Gasteiger partial charge in [-0.1, -0.05) is 0 Å². The molecule has 6 nitrogen and oxygen atoms in total. The van der Waals surface area contributed by atoms with Crippen LogP contribution < -0.4 is 0 Å². The lowest BCUT2D eigenvalue weighted by molar-refractivity contribution is 0.0777. The van der Waals surface area contributed by atoms with E-state index in [1.165, 1.54) is 0 Å². The first kappa shape index (κ1) is 14.8. The number of rotatable bonds is 4. The fourth-order valence-electron chi connectivity index (χ4n) is 1.91. The molecule has 20 heavy (non-hydrogen) atoms. The summed E-state index contributed by atoms with van der Waals surface area (Å²) in [6.45, 7) is 5.22. The van der Waals surface area contributed by atoms with Crippen molar-refractivity contribution in [1.29, 1.82) is 0 Å². The van der Waals surface area contributed by atoms with E-state index in [2.05, 4.69) is 26.1 Å². The molecule has 0 aromatic carbocycles. The van der Waals surface area contributed by atoms with Crippen LogP contribution in [0, 0.1) is 6.92 Å². The van der Waals surface area contributed by atoms with Crippen LogP contribution in [0.5, 0.6) is 0 Å². The van der Waals surface area contributed by atoms with Gasteiger partial charge >= 0.3 is 0 Å². The van der Waals surface area contributed by atoms with Crippen LogP contribution in [0.2, 0.25) is 0 Å². The standard InChI is InChI=1S/C13H18BrN5O/c1-5-19-8-11(14)12(16-19)13(20)17(3)7-10-6-15-18(4)9(10)2/h6,8H,5,7H2,1-4H3. The van der Waals surface area contributed by atoms with E-state index in [0.29, 0.717) is 12.2 Å². The fraction of sp³-hybridized carbons (Fsp3) is 0.462. The Morgan fingerprint density at radius 2 is 2.20 bits per heavy atom. The minimum atomic E-state index is -0.104. The Kier molecular flexibility index (Phi) is 4.27. The summed E-state index contributed by atoms with van der Waals surface area (Å²) in [5.41, 5.74) is 2.54. The molecule has 0 spiro atoms. The molecule has 0 bridgehead atoms. The van der Waals surface area contributed by atoms with E-state index >= 15 is 0 Å². The first-order valence-corrected chi connectivity index (χ1v) is 7.19. The summed E-state index contributed by atoms with van der Waals surface area (Å²) in [5.74, 6) is -0.104. The van der Waals surface area contributed by atoms with Gasteiger partial charge in [-0.3, -0.25) is 14.2 Å². The Bertz CT molecular complexity index is 631. The van der Waals surface area contributed by atoms with Crippen molar-refractivity contribution in [2.45, 2.75) is 26.9 Å². The van der Waals surface area contributed by atoms with Crippen LogP contribution in [-0.4, -0.2) is 37.4 Å². The first-order chi connectivity index (χ1) is 9.43. The molecule has 2 aromatic heterocycles. The zero-order valence-electron chi connectivity index (χ0n) is 12.1. The van der Waals surface area contributed by atoms with Crippen LogP contribution in [0.4, 0.5) is 0 Å². The highest BCUT2D eigenvalue weighted by Crippen LogP contribution is 2.18. The number of nitrogens with zero attached hydrogens (tertiary/aromatic N) is 5. The Morgan fingerprint density at radius 3 is 2.70 bits per heavy atom. The van der Waals surface area contributed by atoms with Crippen molar-refractivity contribution >= 4 is 21.8 Å². The van der Waals surface area contributed by atoms with Crippen LogP contribution >= 0.6 is 15.9 Å². The highest BCUT2D eigenvalue weighted by molar-refractivity contribution is 9.10. The molecule has 0 atom stereocenters. The molecule has 0 aliphatic rings. The summed E-state index contributed by atoms with van der Waals surface area (Å²) in [6.07, 6.45) is 3.61. The SMILES string of the molecule is CCn1cc(Br)c(C(=O)N(C)Cc2cnn(C)c2C)n1. The zero-order valence-corrected chi connectivity index (χ0v) is 13.7. The van der Waals surface area contributed by atoms with Crippen LogP contribution in [0.1, 0.15) is 28.7 Å². The van der Waals surface area contributed by atoms with Gasteiger partial charge in [0.2, 0.25) is 0 Å². The highest BCUT2D eigenvalue weighted by atomic mass is 79.9. The van der Waals surface area contributed by atoms with E-state index in [0.717, 1.165) is 22.3 Å². The van der Waals surface area contributed by atoms with Crippen molar-refractivity contribution in [3.63, 3.8) is 0 Å². The lowest BCUT2D eigenvalue weighted by Gasteiger charge is -2.15. The second kappa shape index (κ2) is 5.78. The lowest BCUT2D eigenvalue weighted by Crippen LogP contribution is -2.27. The number of amides is 1. The molecular formula is C13H18BrN5O. The summed E-state index contributed by atoms with van der Waals surface area (Å²) in [6, 6.07) is 0. The number of carbonyl (C=O) groups is 1. The average Bonchev–Trinajstić information content (AvgIpc) is 2.95. The van der Waals surface area contributed by atoms with E-state index in [4.69, 9.17) is 0 Å². The Balaban J connectivity index is 2.16. The number of halogens is 1. The normalized spacial score (nSPS) is 10.8. The maximum Gasteiger partial charge on any atom is 0.275 e. The Hall–Kier alpha value is -1.63. The quantitative estimate of drug-likeness (QED) is 0.855. The molecular weight excluding hydrogens is 322 g/mol. The molecule has 0 aliphatic heterocycles. The molecule has 0 saturated carbocycles. The molecule has 0 N–H and O–H groups in total. The van der Waals surface area contributed by atoms with Crippen molar-refractivity contribution in [2.24, 2.45) is 7.05 Å². The van der Waals surface area contributed by atoms with Crippen LogP contribution in [0.15, 0.2) is 16.9 Å². The second-order valence-electron chi connectivity index (χ2n) is 4.72. The molecule has 0 radical (unpaired) electrons. The topological polar surface area (TPSA) is 56.0 Å². The number of hydrogen-bond donors (Lipinski definition) is 0. The number of carbonyl (C=O) groups excluding carboxylic acids is 1. The van der Waals surface area contributed by atoms with Crippen molar-refractivity contribution in [3.05, 3.63) is 33.8 Å². The highest BCUT2D eigenvalue weighted by Gasteiger charge is 2.20. The second-order valence-corrected chi connectivity index (χ2v) is 5.58. The average molecular weight is 340 g/mol. The van der Waals surface area contributed by atoms with Crippen LogP contribution in [-0.2, 0) is 20.1 Å².